The van der Waals surface area contributed by atoms with Crippen LogP contribution in [0.2, 0.25) is 0 Å². The summed E-state index contributed by atoms with van der Waals surface area (Å²) in [7, 11) is 1.65. The maximum Gasteiger partial charge on any atom is 0.189 e. The highest BCUT2D eigenvalue weighted by atomic mass is 16.5. The van der Waals surface area contributed by atoms with Crippen LogP contribution in [0.15, 0.2) is 42.0 Å². The molecule has 0 spiro atoms. The molecule has 112 valence electrons. The highest BCUT2D eigenvalue weighted by molar-refractivity contribution is 6.13. The van der Waals surface area contributed by atoms with Crippen LogP contribution in [0.25, 0.3) is 6.08 Å². The van der Waals surface area contributed by atoms with Gasteiger partial charge in [0, 0.05) is 11.1 Å². The summed E-state index contributed by atoms with van der Waals surface area (Å²) in [5.41, 5.74) is 6.34. The molecule has 1 aliphatic carbocycles. The lowest BCUT2D eigenvalue weighted by Gasteiger charge is -2.20. The zero-order chi connectivity index (χ0) is 15.7. The van der Waals surface area contributed by atoms with Gasteiger partial charge in [0.2, 0.25) is 0 Å². The summed E-state index contributed by atoms with van der Waals surface area (Å²) in [6.45, 7) is 4.14. The molecule has 0 bridgehead atoms. The van der Waals surface area contributed by atoms with Crippen molar-refractivity contribution in [2.24, 2.45) is 0 Å². The topological polar surface area (TPSA) is 26.3 Å². The van der Waals surface area contributed by atoms with Crippen LogP contribution < -0.4 is 4.74 Å². The van der Waals surface area contributed by atoms with Gasteiger partial charge in [-0.3, -0.25) is 4.79 Å². The van der Waals surface area contributed by atoms with E-state index in [9.17, 15) is 4.79 Å². The van der Waals surface area contributed by atoms with Crippen molar-refractivity contribution in [2.45, 2.75) is 26.7 Å². The first-order valence-electron chi connectivity index (χ1n) is 7.58. The SMILES string of the molecule is COc1cccc(C=C2CCc3c(C)cc(C)cc3C2=O)c1. The third-order valence-corrected chi connectivity index (χ3v) is 4.23. The Morgan fingerprint density at radius 2 is 1.91 bits per heavy atom. The molecule has 0 saturated heterocycles. The molecule has 1 aliphatic rings. The minimum Gasteiger partial charge on any atom is -0.497 e. The van der Waals surface area contributed by atoms with Crippen molar-refractivity contribution in [3.8, 4) is 5.75 Å². The van der Waals surface area contributed by atoms with Gasteiger partial charge in [-0.2, -0.15) is 0 Å². The Bertz CT molecular complexity index is 769. The number of carbonyl (C=O) groups is 1. The van der Waals surface area contributed by atoms with Gasteiger partial charge >= 0.3 is 0 Å². The number of benzene rings is 2. The predicted molar refractivity (Wildman–Crippen MR) is 89.5 cm³/mol. The van der Waals surface area contributed by atoms with E-state index in [0.717, 1.165) is 40.9 Å². The fourth-order valence-electron chi connectivity index (χ4n) is 3.15. The second kappa shape index (κ2) is 5.80. The molecule has 0 unspecified atom stereocenters. The van der Waals surface area contributed by atoms with Gasteiger partial charge in [-0.1, -0.05) is 23.8 Å². The van der Waals surface area contributed by atoms with Gasteiger partial charge in [0.25, 0.3) is 0 Å². The Morgan fingerprint density at radius 1 is 1.09 bits per heavy atom. The molecule has 2 heteroatoms. The maximum atomic E-state index is 12.8. The number of allylic oxidation sites excluding steroid dienone is 1. The van der Waals surface area contributed by atoms with Crippen molar-refractivity contribution >= 4 is 11.9 Å². The van der Waals surface area contributed by atoms with E-state index in [1.165, 1.54) is 11.1 Å². The molecule has 0 fully saturated rings. The average Bonchev–Trinajstić information content (AvgIpc) is 2.51. The van der Waals surface area contributed by atoms with Crippen molar-refractivity contribution < 1.29 is 9.53 Å². The third kappa shape index (κ3) is 2.69. The Kier molecular flexibility index (Phi) is 3.84. The van der Waals surface area contributed by atoms with Crippen molar-refractivity contribution in [2.75, 3.05) is 7.11 Å². The number of ether oxygens (including phenoxy) is 1. The van der Waals surface area contributed by atoms with Crippen LogP contribution in [-0.2, 0) is 6.42 Å². The van der Waals surface area contributed by atoms with Crippen LogP contribution in [0.1, 0.15) is 39.0 Å². The number of hydrogen-bond acceptors (Lipinski definition) is 2. The van der Waals surface area contributed by atoms with Gasteiger partial charge < -0.3 is 4.74 Å². The molecule has 0 aliphatic heterocycles. The molecular weight excluding hydrogens is 272 g/mol. The lowest BCUT2D eigenvalue weighted by molar-refractivity contribution is 0.102. The van der Waals surface area contributed by atoms with E-state index in [2.05, 4.69) is 13.0 Å². The zero-order valence-corrected chi connectivity index (χ0v) is 13.3. The van der Waals surface area contributed by atoms with Crippen molar-refractivity contribution in [3.63, 3.8) is 0 Å². The molecule has 0 N–H and O–H groups in total. The third-order valence-electron chi connectivity index (χ3n) is 4.23. The predicted octanol–water partition coefficient (Wildman–Crippen LogP) is 4.52. The standard InChI is InChI=1S/C20H20O2/c1-13-9-14(2)18-8-7-16(20(21)19(18)10-13)11-15-5-4-6-17(12-15)22-3/h4-6,9-12H,7-8H2,1-3H3. The van der Waals surface area contributed by atoms with Crippen LogP contribution >= 0.6 is 0 Å². The first kappa shape index (κ1) is 14.6. The largest absolute Gasteiger partial charge is 0.497 e. The molecule has 0 amide bonds. The summed E-state index contributed by atoms with van der Waals surface area (Å²) >= 11 is 0. The van der Waals surface area contributed by atoms with E-state index in [-0.39, 0.29) is 5.78 Å². The van der Waals surface area contributed by atoms with Crippen LogP contribution in [0.3, 0.4) is 0 Å². The number of aryl methyl sites for hydroxylation is 2. The number of carbonyl (C=O) groups excluding carboxylic acids is 1. The summed E-state index contributed by atoms with van der Waals surface area (Å²) in [6, 6.07) is 12.0. The second-order valence-corrected chi connectivity index (χ2v) is 5.88. The van der Waals surface area contributed by atoms with E-state index in [4.69, 9.17) is 4.74 Å². The molecular formula is C20H20O2. The zero-order valence-electron chi connectivity index (χ0n) is 13.3. The monoisotopic (exact) mass is 292 g/mol. The highest BCUT2D eigenvalue weighted by Crippen LogP contribution is 2.30. The summed E-state index contributed by atoms with van der Waals surface area (Å²) in [5, 5.41) is 0. The molecule has 0 saturated carbocycles. The van der Waals surface area contributed by atoms with E-state index in [1.807, 2.05) is 43.3 Å². The normalized spacial score (nSPS) is 15.8. The van der Waals surface area contributed by atoms with Crippen molar-refractivity contribution in [3.05, 3.63) is 69.8 Å². The molecule has 0 heterocycles. The van der Waals surface area contributed by atoms with Crippen LogP contribution in [0.5, 0.6) is 5.75 Å². The molecule has 0 aromatic heterocycles. The fourth-order valence-corrected chi connectivity index (χ4v) is 3.15. The van der Waals surface area contributed by atoms with E-state index >= 15 is 0 Å². The minimum absolute atomic E-state index is 0.163. The van der Waals surface area contributed by atoms with Gasteiger partial charge in [-0.25, -0.2) is 0 Å². The lowest BCUT2D eigenvalue weighted by atomic mass is 9.83. The summed E-state index contributed by atoms with van der Waals surface area (Å²) in [4.78, 5) is 12.8. The van der Waals surface area contributed by atoms with Crippen LogP contribution in [0, 0.1) is 13.8 Å². The molecule has 22 heavy (non-hydrogen) atoms. The fraction of sp³-hybridized carbons (Fsp3) is 0.250. The Hall–Kier alpha value is -2.35. The molecule has 2 nitrogen and oxygen atoms in total. The van der Waals surface area contributed by atoms with Gasteiger partial charge in [-0.15, -0.1) is 0 Å². The van der Waals surface area contributed by atoms with Gasteiger partial charge in [0.05, 0.1) is 7.11 Å². The number of hydrogen-bond donors (Lipinski definition) is 0. The van der Waals surface area contributed by atoms with Crippen LogP contribution in [0.4, 0.5) is 0 Å². The Morgan fingerprint density at radius 3 is 2.68 bits per heavy atom. The number of fused-ring (bicyclic) bond motifs is 1. The number of Topliss-reactive ketones (excluding diaryl/α,β-unsaturated/α-hetero) is 1. The van der Waals surface area contributed by atoms with Gasteiger partial charge in [0.1, 0.15) is 5.75 Å². The first-order valence-corrected chi connectivity index (χ1v) is 7.58. The molecule has 0 radical (unpaired) electrons. The summed E-state index contributed by atoms with van der Waals surface area (Å²) in [6.07, 6.45) is 3.72. The highest BCUT2D eigenvalue weighted by Gasteiger charge is 2.23. The quantitative estimate of drug-likeness (QED) is 0.760. The molecule has 3 rings (SSSR count). The van der Waals surface area contributed by atoms with Crippen molar-refractivity contribution in [1.82, 2.24) is 0 Å². The molecule has 2 aromatic rings. The minimum atomic E-state index is 0.163. The van der Waals surface area contributed by atoms with E-state index in [0.29, 0.717) is 0 Å². The van der Waals surface area contributed by atoms with E-state index < -0.39 is 0 Å². The van der Waals surface area contributed by atoms with Gasteiger partial charge in [-0.05, 0) is 67.7 Å². The number of ketones is 1. The van der Waals surface area contributed by atoms with Gasteiger partial charge in [0.15, 0.2) is 5.78 Å². The first-order chi connectivity index (χ1) is 10.6. The Balaban J connectivity index is 2.00. The van der Waals surface area contributed by atoms with Crippen LogP contribution in [-0.4, -0.2) is 12.9 Å². The van der Waals surface area contributed by atoms with E-state index in [1.54, 1.807) is 7.11 Å². The number of rotatable bonds is 2. The number of methoxy groups -OCH3 is 1. The lowest BCUT2D eigenvalue weighted by Crippen LogP contribution is -2.15. The molecule has 0 atom stereocenters. The summed E-state index contributed by atoms with van der Waals surface area (Å²) in [5.74, 6) is 0.973. The van der Waals surface area contributed by atoms with Crippen molar-refractivity contribution in [1.29, 1.82) is 0 Å². The smallest absolute Gasteiger partial charge is 0.189 e. The summed E-state index contributed by atoms with van der Waals surface area (Å²) < 4.78 is 5.24. The second-order valence-electron chi connectivity index (χ2n) is 5.88. The molecule has 2 aromatic carbocycles. The maximum absolute atomic E-state index is 12.8. The Labute approximate surface area is 131 Å². The average molecular weight is 292 g/mol.